The Morgan fingerprint density at radius 3 is 2.52 bits per heavy atom. The van der Waals surface area contributed by atoms with Crippen LogP contribution in [0.5, 0.6) is 5.75 Å². The molecule has 0 aliphatic rings. The van der Waals surface area contributed by atoms with Crippen molar-refractivity contribution >= 4 is 28.0 Å². The Labute approximate surface area is 178 Å². The molecule has 0 saturated heterocycles. The fourth-order valence-corrected chi connectivity index (χ4v) is 3.76. The molecule has 0 bridgehead atoms. The van der Waals surface area contributed by atoms with Crippen LogP contribution in [-0.4, -0.2) is 32.5 Å². The summed E-state index contributed by atoms with van der Waals surface area (Å²) in [5, 5.41) is 8.55. The average Bonchev–Trinajstić information content (AvgIpc) is 3.16. The highest BCUT2D eigenvalue weighted by atomic mass is 19.1. The van der Waals surface area contributed by atoms with Crippen molar-refractivity contribution in [2.45, 2.75) is 26.7 Å². The number of halogens is 1. The number of methoxy groups -OCH3 is 1. The van der Waals surface area contributed by atoms with Crippen LogP contribution < -0.4 is 10.5 Å². The standard InChI is InChI=1S/C23H22FN5O2/c1-13(25)23(14(2)30)17-10-18-19(11-20(17)31-3)29-21(27-28-22(29)12-26-18)9-6-15-4-7-16(24)8-5-15/h4-5,7-8,10-12H,6,9,25H2,1-3H3. The number of carbonyl (C=O) groups is 1. The van der Waals surface area contributed by atoms with Gasteiger partial charge in [0.25, 0.3) is 0 Å². The molecule has 0 saturated carbocycles. The van der Waals surface area contributed by atoms with Crippen LogP contribution in [0.3, 0.4) is 0 Å². The number of aromatic nitrogens is 4. The molecule has 2 N–H and O–H groups in total. The molecule has 0 amide bonds. The maximum Gasteiger partial charge on any atom is 0.179 e. The van der Waals surface area contributed by atoms with Gasteiger partial charge in [-0.05, 0) is 44.0 Å². The zero-order chi connectivity index (χ0) is 22.1. The van der Waals surface area contributed by atoms with Gasteiger partial charge in [-0.1, -0.05) is 12.1 Å². The van der Waals surface area contributed by atoms with E-state index in [4.69, 9.17) is 10.5 Å². The van der Waals surface area contributed by atoms with Gasteiger partial charge in [0.05, 0.1) is 24.3 Å². The van der Waals surface area contributed by atoms with Crippen molar-refractivity contribution in [1.82, 2.24) is 19.6 Å². The number of ketones is 1. The van der Waals surface area contributed by atoms with E-state index in [-0.39, 0.29) is 11.6 Å². The van der Waals surface area contributed by atoms with Crippen molar-refractivity contribution in [3.63, 3.8) is 0 Å². The molecule has 2 aromatic heterocycles. The lowest BCUT2D eigenvalue weighted by Gasteiger charge is -2.14. The van der Waals surface area contributed by atoms with Gasteiger partial charge in [-0.2, -0.15) is 0 Å². The average molecular weight is 419 g/mol. The van der Waals surface area contributed by atoms with Crippen molar-refractivity contribution in [2.75, 3.05) is 7.11 Å². The lowest BCUT2D eigenvalue weighted by Crippen LogP contribution is -2.07. The summed E-state index contributed by atoms with van der Waals surface area (Å²) >= 11 is 0. The number of ether oxygens (including phenoxy) is 1. The fraction of sp³-hybridized carbons (Fsp3) is 0.217. The first kappa shape index (κ1) is 20.5. The lowest BCUT2D eigenvalue weighted by molar-refractivity contribution is -0.111. The number of hydrogen-bond donors (Lipinski definition) is 1. The lowest BCUT2D eigenvalue weighted by atomic mass is 9.99. The molecule has 2 heterocycles. The smallest absolute Gasteiger partial charge is 0.179 e. The van der Waals surface area contributed by atoms with Crippen molar-refractivity contribution < 1.29 is 13.9 Å². The highest BCUT2D eigenvalue weighted by Gasteiger charge is 2.19. The van der Waals surface area contributed by atoms with Crippen molar-refractivity contribution in [1.29, 1.82) is 0 Å². The summed E-state index contributed by atoms with van der Waals surface area (Å²) in [5.74, 6) is 0.847. The monoisotopic (exact) mass is 419 g/mol. The predicted molar refractivity (Wildman–Crippen MR) is 116 cm³/mol. The molecule has 158 valence electrons. The number of aryl methyl sites for hydroxylation is 2. The minimum atomic E-state index is -0.261. The molecule has 8 heteroatoms. The van der Waals surface area contributed by atoms with Gasteiger partial charge in [-0.3, -0.25) is 14.2 Å². The summed E-state index contributed by atoms with van der Waals surface area (Å²) in [6.07, 6.45) is 2.93. The zero-order valence-corrected chi connectivity index (χ0v) is 17.5. The van der Waals surface area contributed by atoms with E-state index in [9.17, 15) is 9.18 Å². The van der Waals surface area contributed by atoms with Gasteiger partial charge >= 0.3 is 0 Å². The number of fused-ring (bicyclic) bond motifs is 3. The number of carbonyl (C=O) groups excluding carboxylic acids is 1. The summed E-state index contributed by atoms with van der Waals surface area (Å²) < 4.78 is 20.7. The van der Waals surface area contributed by atoms with Crippen LogP contribution >= 0.6 is 0 Å². The number of benzene rings is 2. The van der Waals surface area contributed by atoms with Crippen LogP contribution in [0, 0.1) is 5.82 Å². The third-order valence-electron chi connectivity index (χ3n) is 5.18. The SMILES string of the molecule is COc1cc2c(cc1C(C(C)=O)=C(C)N)ncc1nnc(CCc3ccc(F)cc3)n12. The van der Waals surface area contributed by atoms with Crippen LogP contribution in [0.25, 0.3) is 22.3 Å². The highest BCUT2D eigenvalue weighted by molar-refractivity contribution is 6.21. The Balaban J connectivity index is 1.83. The Kier molecular flexibility index (Phi) is 5.37. The van der Waals surface area contributed by atoms with Crippen LogP contribution in [0.1, 0.15) is 30.8 Å². The van der Waals surface area contributed by atoms with Crippen LogP contribution in [0.15, 0.2) is 48.3 Å². The molecule has 0 spiro atoms. The van der Waals surface area contributed by atoms with Crippen LogP contribution in [-0.2, 0) is 17.6 Å². The fourth-order valence-electron chi connectivity index (χ4n) is 3.76. The molecule has 0 aliphatic carbocycles. The van der Waals surface area contributed by atoms with E-state index in [2.05, 4.69) is 15.2 Å². The number of hydrogen-bond acceptors (Lipinski definition) is 6. The van der Waals surface area contributed by atoms with Crippen LogP contribution in [0.4, 0.5) is 4.39 Å². The molecule has 0 unspecified atom stereocenters. The number of Topliss-reactive ketones (excluding diaryl/α,β-unsaturated/α-hetero) is 1. The summed E-state index contributed by atoms with van der Waals surface area (Å²) in [7, 11) is 1.55. The van der Waals surface area contributed by atoms with E-state index >= 15 is 0 Å². The predicted octanol–water partition coefficient (Wildman–Crippen LogP) is 3.49. The van der Waals surface area contributed by atoms with Gasteiger partial charge in [0, 0.05) is 29.3 Å². The van der Waals surface area contributed by atoms with Gasteiger partial charge in [-0.25, -0.2) is 4.39 Å². The molecular formula is C23H22FN5O2. The summed E-state index contributed by atoms with van der Waals surface area (Å²) in [5.41, 5.74) is 10.4. The van der Waals surface area contributed by atoms with Crippen molar-refractivity contribution in [2.24, 2.45) is 5.73 Å². The number of allylic oxidation sites excluding steroid dienone is 2. The Morgan fingerprint density at radius 2 is 1.87 bits per heavy atom. The van der Waals surface area contributed by atoms with E-state index in [1.807, 2.05) is 10.5 Å². The molecule has 31 heavy (non-hydrogen) atoms. The van der Waals surface area contributed by atoms with Gasteiger partial charge < -0.3 is 10.5 Å². The maximum absolute atomic E-state index is 13.2. The number of nitrogens with two attached hydrogens (primary N) is 1. The van der Waals surface area contributed by atoms with E-state index in [1.165, 1.54) is 19.1 Å². The normalized spacial score (nSPS) is 12.3. The zero-order valence-electron chi connectivity index (χ0n) is 17.5. The Bertz CT molecular complexity index is 1320. The second kappa shape index (κ2) is 8.14. The number of rotatable bonds is 6. The van der Waals surface area contributed by atoms with E-state index in [1.54, 1.807) is 38.4 Å². The quantitative estimate of drug-likeness (QED) is 0.481. The molecule has 4 aromatic rings. The third kappa shape index (κ3) is 3.84. The first-order valence-corrected chi connectivity index (χ1v) is 9.82. The molecule has 7 nitrogen and oxygen atoms in total. The Morgan fingerprint density at radius 1 is 1.13 bits per heavy atom. The largest absolute Gasteiger partial charge is 0.496 e. The third-order valence-corrected chi connectivity index (χ3v) is 5.18. The summed E-state index contributed by atoms with van der Waals surface area (Å²) in [6.45, 7) is 3.16. The highest BCUT2D eigenvalue weighted by Crippen LogP contribution is 2.32. The van der Waals surface area contributed by atoms with E-state index < -0.39 is 0 Å². The van der Waals surface area contributed by atoms with E-state index in [0.717, 1.165) is 16.9 Å². The summed E-state index contributed by atoms with van der Waals surface area (Å²) in [4.78, 5) is 16.7. The molecule has 0 aliphatic heterocycles. The second-order valence-corrected chi connectivity index (χ2v) is 7.35. The molecule has 0 atom stereocenters. The Hall–Kier alpha value is -3.81. The molecular weight excluding hydrogens is 397 g/mol. The van der Waals surface area contributed by atoms with Gasteiger partial charge in [0.1, 0.15) is 17.4 Å². The van der Waals surface area contributed by atoms with Gasteiger partial charge in [0.15, 0.2) is 11.4 Å². The second-order valence-electron chi connectivity index (χ2n) is 7.35. The first-order valence-electron chi connectivity index (χ1n) is 9.82. The van der Waals surface area contributed by atoms with Crippen molar-refractivity contribution in [3.8, 4) is 5.75 Å². The van der Waals surface area contributed by atoms with Crippen LogP contribution in [0.2, 0.25) is 0 Å². The van der Waals surface area contributed by atoms with E-state index in [0.29, 0.717) is 46.6 Å². The topological polar surface area (TPSA) is 95.4 Å². The van der Waals surface area contributed by atoms with Gasteiger partial charge in [-0.15, -0.1) is 10.2 Å². The van der Waals surface area contributed by atoms with Crippen molar-refractivity contribution in [3.05, 3.63) is 71.1 Å². The number of nitrogens with zero attached hydrogens (tertiary/aromatic N) is 4. The minimum Gasteiger partial charge on any atom is -0.496 e. The molecule has 0 radical (unpaired) electrons. The molecule has 0 fully saturated rings. The maximum atomic E-state index is 13.2. The minimum absolute atomic E-state index is 0.150. The van der Waals surface area contributed by atoms with Gasteiger partial charge in [0.2, 0.25) is 0 Å². The molecule has 4 rings (SSSR count). The molecule has 2 aromatic carbocycles. The first-order chi connectivity index (χ1) is 14.9. The summed E-state index contributed by atoms with van der Waals surface area (Å²) in [6, 6.07) is 10.0.